The van der Waals surface area contributed by atoms with Gasteiger partial charge in [0.15, 0.2) is 0 Å². The Bertz CT molecular complexity index is 235. The largest absolute Gasteiger partial charge is 0.480 e. The molecule has 1 unspecified atom stereocenters. The van der Waals surface area contributed by atoms with Gasteiger partial charge in [-0.05, 0) is 53.5 Å². The van der Waals surface area contributed by atoms with E-state index in [9.17, 15) is 4.79 Å². The van der Waals surface area contributed by atoms with E-state index < -0.39 is 11.5 Å². The molecule has 0 aromatic heterocycles. The Hall–Kier alpha value is -0.610. The van der Waals surface area contributed by atoms with Gasteiger partial charge >= 0.3 is 5.97 Å². The number of rotatable bonds is 8. The highest BCUT2D eigenvalue weighted by Crippen LogP contribution is 2.15. The molecule has 0 aromatic carbocycles. The number of likely N-dealkylation sites (N-methyl/N-ethyl adjacent to an activating group) is 1. The SMILES string of the molecule is CCNC(C)(CCCCOC(C)(C)C)C(=O)O. The van der Waals surface area contributed by atoms with Gasteiger partial charge in [0, 0.05) is 6.61 Å². The van der Waals surface area contributed by atoms with Crippen LogP contribution in [0.1, 0.15) is 53.9 Å². The molecule has 0 aliphatic rings. The first-order chi connectivity index (χ1) is 7.71. The van der Waals surface area contributed by atoms with Crippen LogP contribution < -0.4 is 5.32 Å². The third-order valence-electron chi connectivity index (χ3n) is 2.65. The van der Waals surface area contributed by atoms with Crippen LogP contribution in [0.15, 0.2) is 0 Å². The van der Waals surface area contributed by atoms with Crippen molar-refractivity contribution >= 4 is 5.97 Å². The second-order valence-corrected chi connectivity index (χ2v) is 5.59. The summed E-state index contributed by atoms with van der Waals surface area (Å²) in [5.41, 5.74) is -0.922. The highest BCUT2D eigenvalue weighted by molar-refractivity contribution is 5.78. The first-order valence-corrected chi connectivity index (χ1v) is 6.33. The van der Waals surface area contributed by atoms with Crippen molar-refractivity contribution in [3.8, 4) is 0 Å². The summed E-state index contributed by atoms with van der Waals surface area (Å²) in [6, 6.07) is 0. The minimum absolute atomic E-state index is 0.113. The molecule has 1 atom stereocenters. The van der Waals surface area contributed by atoms with E-state index in [2.05, 4.69) is 5.32 Å². The van der Waals surface area contributed by atoms with Crippen LogP contribution in [-0.4, -0.2) is 35.4 Å². The third-order valence-corrected chi connectivity index (χ3v) is 2.65. The van der Waals surface area contributed by atoms with Crippen LogP contribution in [0.4, 0.5) is 0 Å². The Balaban J connectivity index is 3.88. The second-order valence-electron chi connectivity index (χ2n) is 5.59. The second kappa shape index (κ2) is 6.97. The number of carboxylic acids is 1. The molecule has 0 spiro atoms. The van der Waals surface area contributed by atoms with Crippen molar-refractivity contribution < 1.29 is 14.6 Å². The van der Waals surface area contributed by atoms with Crippen molar-refractivity contribution in [1.82, 2.24) is 5.32 Å². The molecular formula is C13H27NO3. The molecular weight excluding hydrogens is 218 g/mol. The van der Waals surface area contributed by atoms with Crippen LogP contribution in [-0.2, 0) is 9.53 Å². The number of aliphatic carboxylic acids is 1. The van der Waals surface area contributed by atoms with E-state index in [1.807, 2.05) is 27.7 Å². The van der Waals surface area contributed by atoms with Crippen LogP contribution in [0.25, 0.3) is 0 Å². The van der Waals surface area contributed by atoms with Crippen molar-refractivity contribution in [2.75, 3.05) is 13.2 Å². The number of carboxylic acid groups (broad SMARTS) is 1. The summed E-state index contributed by atoms with van der Waals surface area (Å²) < 4.78 is 5.60. The van der Waals surface area contributed by atoms with Gasteiger partial charge in [-0.25, -0.2) is 0 Å². The summed E-state index contributed by atoms with van der Waals surface area (Å²) in [6.07, 6.45) is 2.38. The lowest BCUT2D eigenvalue weighted by molar-refractivity contribution is -0.144. The molecule has 4 heteroatoms. The van der Waals surface area contributed by atoms with Crippen molar-refractivity contribution in [3.63, 3.8) is 0 Å². The topological polar surface area (TPSA) is 58.6 Å². The molecule has 0 radical (unpaired) electrons. The Morgan fingerprint density at radius 3 is 2.24 bits per heavy atom. The van der Waals surface area contributed by atoms with Gasteiger partial charge in [-0.2, -0.15) is 0 Å². The van der Waals surface area contributed by atoms with Crippen LogP contribution in [0.5, 0.6) is 0 Å². The zero-order chi connectivity index (χ0) is 13.5. The van der Waals surface area contributed by atoms with Gasteiger partial charge < -0.3 is 15.2 Å². The lowest BCUT2D eigenvalue weighted by Crippen LogP contribution is -2.49. The van der Waals surface area contributed by atoms with Gasteiger partial charge in [0.25, 0.3) is 0 Å². The quantitative estimate of drug-likeness (QED) is 0.645. The van der Waals surface area contributed by atoms with Gasteiger partial charge in [-0.3, -0.25) is 4.79 Å². The van der Waals surface area contributed by atoms with Crippen LogP contribution in [0, 0.1) is 0 Å². The predicted molar refractivity (Wildman–Crippen MR) is 69.3 cm³/mol. The molecule has 0 bridgehead atoms. The zero-order valence-electron chi connectivity index (χ0n) is 11.8. The van der Waals surface area contributed by atoms with Crippen molar-refractivity contribution in [1.29, 1.82) is 0 Å². The Morgan fingerprint density at radius 2 is 1.82 bits per heavy atom. The normalized spacial score (nSPS) is 15.6. The lowest BCUT2D eigenvalue weighted by Gasteiger charge is -2.26. The van der Waals surface area contributed by atoms with Gasteiger partial charge in [-0.15, -0.1) is 0 Å². The van der Waals surface area contributed by atoms with E-state index in [4.69, 9.17) is 9.84 Å². The number of hydrogen-bond donors (Lipinski definition) is 2. The fourth-order valence-corrected chi connectivity index (χ4v) is 1.62. The molecule has 0 fully saturated rings. The third kappa shape index (κ3) is 7.34. The van der Waals surface area contributed by atoms with Gasteiger partial charge in [0.1, 0.15) is 5.54 Å². The number of ether oxygens (including phenoxy) is 1. The van der Waals surface area contributed by atoms with E-state index in [-0.39, 0.29) is 5.60 Å². The van der Waals surface area contributed by atoms with Gasteiger partial charge in [-0.1, -0.05) is 6.92 Å². The summed E-state index contributed by atoms with van der Waals surface area (Å²) in [6.45, 7) is 11.1. The van der Waals surface area contributed by atoms with Crippen LogP contribution in [0.2, 0.25) is 0 Å². The zero-order valence-corrected chi connectivity index (χ0v) is 11.8. The minimum Gasteiger partial charge on any atom is -0.480 e. The fourth-order valence-electron chi connectivity index (χ4n) is 1.62. The molecule has 0 rings (SSSR count). The summed E-state index contributed by atoms with van der Waals surface area (Å²) >= 11 is 0. The summed E-state index contributed by atoms with van der Waals surface area (Å²) in [4.78, 5) is 11.1. The van der Waals surface area contributed by atoms with Crippen LogP contribution in [0.3, 0.4) is 0 Å². The molecule has 0 heterocycles. The summed E-state index contributed by atoms with van der Waals surface area (Å²) in [5.74, 6) is -0.781. The Morgan fingerprint density at radius 1 is 1.24 bits per heavy atom. The lowest BCUT2D eigenvalue weighted by atomic mass is 9.95. The number of unbranched alkanes of at least 4 members (excludes halogenated alkanes) is 1. The molecule has 4 nitrogen and oxygen atoms in total. The minimum atomic E-state index is -0.809. The van der Waals surface area contributed by atoms with E-state index in [1.54, 1.807) is 6.92 Å². The van der Waals surface area contributed by atoms with Gasteiger partial charge in [0.2, 0.25) is 0 Å². The number of carbonyl (C=O) groups is 1. The van der Waals surface area contributed by atoms with Crippen molar-refractivity contribution in [3.05, 3.63) is 0 Å². The van der Waals surface area contributed by atoms with Crippen molar-refractivity contribution in [2.45, 2.75) is 65.0 Å². The predicted octanol–water partition coefficient (Wildman–Crippen LogP) is 2.42. The highest BCUT2D eigenvalue weighted by atomic mass is 16.5. The summed E-state index contributed by atoms with van der Waals surface area (Å²) in [7, 11) is 0. The molecule has 0 saturated carbocycles. The molecule has 17 heavy (non-hydrogen) atoms. The molecule has 2 N–H and O–H groups in total. The van der Waals surface area contributed by atoms with Crippen molar-refractivity contribution in [2.24, 2.45) is 0 Å². The maximum Gasteiger partial charge on any atom is 0.323 e. The molecule has 0 saturated heterocycles. The maximum absolute atomic E-state index is 11.1. The molecule has 0 aromatic rings. The van der Waals surface area contributed by atoms with E-state index in [0.717, 1.165) is 12.8 Å². The summed E-state index contributed by atoms with van der Waals surface area (Å²) in [5, 5.41) is 12.2. The fraction of sp³-hybridized carbons (Fsp3) is 0.923. The van der Waals surface area contributed by atoms with Gasteiger partial charge in [0.05, 0.1) is 5.60 Å². The number of nitrogens with one attached hydrogen (secondary N) is 1. The molecule has 0 amide bonds. The van der Waals surface area contributed by atoms with Crippen LogP contribution >= 0.6 is 0 Å². The molecule has 102 valence electrons. The highest BCUT2D eigenvalue weighted by Gasteiger charge is 2.31. The standard InChI is InChI=1S/C13H27NO3/c1-6-14-13(5,11(15)16)9-7-8-10-17-12(2,3)4/h14H,6-10H2,1-5H3,(H,15,16). The average molecular weight is 245 g/mol. The Kier molecular flexibility index (Phi) is 6.72. The first-order valence-electron chi connectivity index (χ1n) is 6.33. The smallest absolute Gasteiger partial charge is 0.323 e. The maximum atomic E-state index is 11.1. The molecule has 0 aliphatic carbocycles. The van der Waals surface area contributed by atoms with E-state index >= 15 is 0 Å². The van der Waals surface area contributed by atoms with E-state index in [1.165, 1.54) is 0 Å². The Labute approximate surface area is 105 Å². The average Bonchev–Trinajstić information content (AvgIpc) is 2.15. The monoisotopic (exact) mass is 245 g/mol. The molecule has 0 aliphatic heterocycles. The first kappa shape index (κ1) is 16.4. The number of hydrogen-bond acceptors (Lipinski definition) is 3. The van der Waals surface area contributed by atoms with E-state index in [0.29, 0.717) is 19.6 Å².